The molecule has 0 aliphatic heterocycles. The lowest BCUT2D eigenvalue weighted by Crippen LogP contribution is -2.07. The number of carbonyl (C=O) groups excluding carboxylic acids is 1. The molecule has 78 valence electrons. The van der Waals surface area contributed by atoms with Crippen molar-refractivity contribution in [2.24, 2.45) is 0 Å². The summed E-state index contributed by atoms with van der Waals surface area (Å²) in [7, 11) is 1.68. The zero-order chi connectivity index (χ0) is 11.4. The zero-order valence-electron chi connectivity index (χ0n) is 8.28. The Hall–Kier alpha value is -2.10. The molecule has 1 rings (SSSR count). The highest BCUT2D eigenvalue weighted by Crippen LogP contribution is 2.16. The van der Waals surface area contributed by atoms with E-state index in [4.69, 9.17) is 5.11 Å². The average molecular weight is 205 g/mol. The number of hydrogen-bond acceptors (Lipinski definition) is 3. The molecule has 0 atom stereocenters. The van der Waals surface area contributed by atoms with Crippen LogP contribution in [0.1, 0.15) is 20.7 Å². The van der Waals surface area contributed by atoms with Gasteiger partial charge in [0, 0.05) is 18.3 Å². The molecule has 0 bridgehead atoms. The summed E-state index contributed by atoms with van der Waals surface area (Å²) in [6, 6.07) is 4.53. The number of nitrogens with one attached hydrogen (secondary N) is 1. The topological polar surface area (TPSA) is 66.4 Å². The normalized spacial score (nSPS) is 9.40. The lowest BCUT2D eigenvalue weighted by molar-refractivity contribution is 0.0693. The average Bonchev–Trinajstić information content (AvgIpc) is 2.27. The van der Waals surface area contributed by atoms with Crippen molar-refractivity contribution in [1.82, 2.24) is 0 Å². The maximum absolute atomic E-state index is 11.3. The van der Waals surface area contributed by atoms with Gasteiger partial charge in [0.2, 0.25) is 0 Å². The summed E-state index contributed by atoms with van der Waals surface area (Å²) in [5.74, 6) is -1.52. The molecule has 0 aliphatic carbocycles. The molecular weight excluding hydrogens is 194 g/mol. The Morgan fingerprint density at radius 3 is 2.53 bits per heavy atom. The van der Waals surface area contributed by atoms with Crippen LogP contribution in [0.25, 0.3) is 0 Å². The van der Waals surface area contributed by atoms with E-state index in [-0.39, 0.29) is 11.1 Å². The minimum absolute atomic E-state index is 0.0215. The fourth-order valence-corrected chi connectivity index (χ4v) is 1.20. The Labute approximate surface area is 87.2 Å². The van der Waals surface area contributed by atoms with Gasteiger partial charge in [-0.3, -0.25) is 4.79 Å². The van der Waals surface area contributed by atoms with Crippen molar-refractivity contribution in [2.45, 2.75) is 0 Å². The Morgan fingerprint density at radius 1 is 1.40 bits per heavy atom. The maximum atomic E-state index is 11.3. The van der Waals surface area contributed by atoms with Crippen LogP contribution in [0, 0.1) is 0 Å². The smallest absolute Gasteiger partial charge is 0.336 e. The van der Waals surface area contributed by atoms with Crippen molar-refractivity contribution in [1.29, 1.82) is 0 Å². The highest BCUT2D eigenvalue weighted by Gasteiger charge is 2.14. The van der Waals surface area contributed by atoms with Gasteiger partial charge < -0.3 is 10.4 Å². The van der Waals surface area contributed by atoms with Crippen LogP contribution >= 0.6 is 0 Å². The number of carboxylic acid groups (broad SMARTS) is 1. The zero-order valence-corrected chi connectivity index (χ0v) is 8.28. The lowest BCUT2D eigenvalue weighted by atomic mass is 10.0. The van der Waals surface area contributed by atoms with Gasteiger partial charge in [0.05, 0.1) is 5.56 Å². The van der Waals surface area contributed by atoms with Gasteiger partial charge in [-0.25, -0.2) is 4.79 Å². The standard InChI is InChI=1S/C11H11NO3/c1-3-10(13)8-5-4-7(12-2)6-9(8)11(14)15/h3-6,12H,1H2,2H3,(H,14,15). The van der Waals surface area contributed by atoms with E-state index in [1.165, 1.54) is 12.1 Å². The fourth-order valence-electron chi connectivity index (χ4n) is 1.20. The number of aromatic carboxylic acids is 1. The predicted octanol–water partition coefficient (Wildman–Crippen LogP) is 1.80. The highest BCUT2D eigenvalue weighted by atomic mass is 16.4. The molecule has 4 heteroatoms. The summed E-state index contributed by atoms with van der Waals surface area (Å²) in [4.78, 5) is 22.2. The Balaban J connectivity index is 3.33. The Bertz CT molecular complexity index is 424. The minimum atomic E-state index is -1.13. The van der Waals surface area contributed by atoms with Gasteiger partial charge in [0.25, 0.3) is 0 Å². The molecule has 0 saturated heterocycles. The molecule has 15 heavy (non-hydrogen) atoms. The number of benzene rings is 1. The summed E-state index contributed by atoms with van der Waals surface area (Å²) in [6.45, 7) is 3.32. The molecule has 0 aliphatic rings. The van der Waals surface area contributed by atoms with Gasteiger partial charge in [-0.05, 0) is 24.3 Å². The fraction of sp³-hybridized carbons (Fsp3) is 0.0909. The molecule has 0 amide bonds. The van der Waals surface area contributed by atoms with Crippen LogP contribution in [0.5, 0.6) is 0 Å². The summed E-state index contributed by atoms with van der Waals surface area (Å²) >= 11 is 0. The first-order valence-electron chi connectivity index (χ1n) is 4.32. The lowest BCUT2D eigenvalue weighted by Gasteiger charge is -2.05. The van der Waals surface area contributed by atoms with E-state index in [0.29, 0.717) is 5.69 Å². The maximum Gasteiger partial charge on any atom is 0.336 e. The van der Waals surface area contributed by atoms with Crippen molar-refractivity contribution >= 4 is 17.4 Å². The molecule has 2 N–H and O–H groups in total. The predicted molar refractivity (Wildman–Crippen MR) is 57.5 cm³/mol. The number of anilines is 1. The molecule has 0 radical (unpaired) electrons. The molecule has 0 heterocycles. The molecule has 0 spiro atoms. The first-order chi connectivity index (χ1) is 7.10. The van der Waals surface area contributed by atoms with Crippen molar-refractivity contribution in [2.75, 3.05) is 12.4 Å². The number of hydrogen-bond donors (Lipinski definition) is 2. The van der Waals surface area contributed by atoms with Crippen molar-refractivity contribution in [3.63, 3.8) is 0 Å². The number of ketones is 1. The van der Waals surface area contributed by atoms with Gasteiger partial charge in [0.15, 0.2) is 5.78 Å². The van der Waals surface area contributed by atoms with Crippen molar-refractivity contribution in [3.8, 4) is 0 Å². The van der Waals surface area contributed by atoms with Crippen LogP contribution in [-0.2, 0) is 0 Å². The monoisotopic (exact) mass is 205 g/mol. The second-order valence-corrected chi connectivity index (χ2v) is 2.88. The summed E-state index contributed by atoms with van der Waals surface area (Å²) in [5.41, 5.74) is 0.774. The third-order valence-corrected chi connectivity index (χ3v) is 1.99. The number of allylic oxidation sites excluding steroid dienone is 1. The number of carbonyl (C=O) groups is 2. The molecule has 0 fully saturated rings. The summed E-state index contributed by atoms with van der Waals surface area (Å²) < 4.78 is 0. The third kappa shape index (κ3) is 2.22. The third-order valence-electron chi connectivity index (χ3n) is 1.99. The van der Waals surface area contributed by atoms with Crippen LogP contribution in [0.3, 0.4) is 0 Å². The van der Waals surface area contributed by atoms with Crippen molar-refractivity contribution < 1.29 is 14.7 Å². The molecule has 0 aromatic heterocycles. The van der Waals surface area contributed by atoms with E-state index < -0.39 is 11.8 Å². The number of rotatable bonds is 4. The van der Waals surface area contributed by atoms with Gasteiger partial charge >= 0.3 is 5.97 Å². The van der Waals surface area contributed by atoms with Crippen LogP contribution in [0.15, 0.2) is 30.9 Å². The van der Waals surface area contributed by atoms with E-state index in [1.54, 1.807) is 13.1 Å². The highest BCUT2D eigenvalue weighted by molar-refractivity contribution is 6.11. The molecule has 1 aromatic rings. The van der Waals surface area contributed by atoms with E-state index in [0.717, 1.165) is 6.08 Å². The van der Waals surface area contributed by atoms with Crippen LogP contribution in [0.2, 0.25) is 0 Å². The van der Waals surface area contributed by atoms with Gasteiger partial charge in [-0.15, -0.1) is 0 Å². The SMILES string of the molecule is C=CC(=O)c1ccc(NC)cc1C(=O)O. The summed E-state index contributed by atoms with van der Waals surface area (Å²) in [6.07, 6.45) is 1.10. The quantitative estimate of drug-likeness (QED) is 0.581. The van der Waals surface area contributed by atoms with E-state index >= 15 is 0 Å². The van der Waals surface area contributed by atoms with E-state index in [1.807, 2.05) is 0 Å². The molecule has 0 saturated carbocycles. The van der Waals surface area contributed by atoms with Crippen LogP contribution < -0.4 is 5.32 Å². The second kappa shape index (κ2) is 4.41. The minimum Gasteiger partial charge on any atom is -0.478 e. The number of carboxylic acids is 1. The van der Waals surface area contributed by atoms with Gasteiger partial charge in [0.1, 0.15) is 0 Å². The van der Waals surface area contributed by atoms with Crippen molar-refractivity contribution in [3.05, 3.63) is 42.0 Å². The Morgan fingerprint density at radius 2 is 2.07 bits per heavy atom. The van der Waals surface area contributed by atoms with Gasteiger partial charge in [-0.2, -0.15) is 0 Å². The van der Waals surface area contributed by atoms with E-state index in [2.05, 4.69) is 11.9 Å². The molecule has 4 nitrogen and oxygen atoms in total. The Kier molecular flexibility index (Phi) is 3.23. The molecular formula is C11H11NO3. The summed E-state index contributed by atoms with van der Waals surface area (Å²) in [5, 5.41) is 11.7. The largest absolute Gasteiger partial charge is 0.478 e. The van der Waals surface area contributed by atoms with E-state index in [9.17, 15) is 9.59 Å². The second-order valence-electron chi connectivity index (χ2n) is 2.88. The first-order valence-corrected chi connectivity index (χ1v) is 4.32. The molecule has 1 aromatic carbocycles. The van der Waals surface area contributed by atoms with Gasteiger partial charge in [-0.1, -0.05) is 6.58 Å². The first kappa shape index (κ1) is 11.0. The molecule has 0 unspecified atom stereocenters. The van der Waals surface area contributed by atoms with Crippen LogP contribution in [-0.4, -0.2) is 23.9 Å². The van der Waals surface area contributed by atoms with Crippen LogP contribution in [0.4, 0.5) is 5.69 Å².